The van der Waals surface area contributed by atoms with E-state index in [4.69, 9.17) is 4.74 Å². The van der Waals surface area contributed by atoms with E-state index in [1.165, 1.54) is 18.4 Å². The topological polar surface area (TPSA) is 59.8 Å². The molecular formula is C12H15NO4. The number of hydrogen-bond acceptors (Lipinski definition) is 4. The fourth-order valence-corrected chi connectivity index (χ4v) is 2.01. The van der Waals surface area contributed by atoms with E-state index in [0.717, 1.165) is 0 Å². The molecule has 0 unspecified atom stereocenters. The highest BCUT2D eigenvalue weighted by atomic mass is 16.5. The smallest absolute Gasteiger partial charge is 0.335 e. The van der Waals surface area contributed by atoms with Crippen molar-refractivity contribution in [3.8, 4) is 0 Å². The Bertz CT molecular complexity index is 437. The zero-order valence-electron chi connectivity index (χ0n) is 9.88. The van der Waals surface area contributed by atoms with E-state index in [2.05, 4.69) is 4.42 Å². The second kappa shape index (κ2) is 4.71. The third kappa shape index (κ3) is 2.74. The van der Waals surface area contributed by atoms with Gasteiger partial charge >= 0.3 is 5.63 Å². The highest BCUT2D eigenvalue weighted by molar-refractivity contribution is 5.93. The largest absolute Gasteiger partial charge is 0.430 e. The molecule has 17 heavy (non-hydrogen) atoms. The van der Waals surface area contributed by atoms with Crippen molar-refractivity contribution in [3.05, 3.63) is 34.4 Å². The SMILES string of the molecule is C[C@@H]1CN(C(=O)c2ccc(=O)oc2)C[C@@H](C)O1. The number of hydrogen-bond donors (Lipinski definition) is 0. The molecule has 92 valence electrons. The van der Waals surface area contributed by atoms with Crippen molar-refractivity contribution in [1.29, 1.82) is 0 Å². The molecule has 2 atom stereocenters. The van der Waals surface area contributed by atoms with E-state index in [1.54, 1.807) is 4.90 Å². The monoisotopic (exact) mass is 237 g/mol. The first kappa shape index (κ1) is 11.9. The van der Waals surface area contributed by atoms with Gasteiger partial charge in [0.25, 0.3) is 5.91 Å². The maximum atomic E-state index is 12.1. The van der Waals surface area contributed by atoms with Crippen molar-refractivity contribution in [3.63, 3.8) is 0 Å². The number of carbonyl (C=O) groups is 1. The van der Waals surface area contributed by atoms with E-state index in [-0.39, 0.29) is 18.1 Å². The zero-order valence-corrected chi connectivity index (χ0v) is 9.88. The van der Waals surface area contributed by atoms with Crippen molar-refractivity contribution >= 4 is 5.91 Å². The molecule has 2 heterocycles. The van der Waals surface area contributed by atoms with Crippen LogP contribution >= 0.6 is 0 Å². The molecule has 5 heteroatoms. The number of carbonyl (C=O) groups excluding carboxylic acids is 1. The van der Waals surface area contributed by atoms with Gasteiger partial charge < -0.3 is 14.1 Å². The average Bonchev–Trinajstić information content (AvgIpc) is 2.28. The number of nitrogens with zero attached hydrogens (tertiary/aromatic N) is 1. The minimum atomic E-state index is -0.453. The highest BCUT2D eigenvalue weighted by Crippen LogP contribution is 2.13. The van der Waals surface area contributed by atoms with Crippen LogP contribution in [-0.2, 0) is 4.74 Å². The first-order valence-electron chi connectivity index (χ1n) is 5.60. The van der Waals surface area contributed by atoms with Crippen LogP contribution in [0.1, 0.15) is 24.2 Å². The first-order chi connectivity index (χ1) is 8.06. The van der Waals surface area contributed by atoms with Crippen LogP contribution in [0.3, 0.4) is 0 Å². The standard InChI is InChI=1S/C12H15NO4/c1-8-5-13(6-9(2)17-8)12(15)10-3-4-11(14)16-7-10/h3-4,7-9H,5-6H2,1-2H3/t8-,9-/m1/s1. The molecule has 1 aromatic heterocycles. The minimum absolute atomic E-state index is 0.0263. The van der Waals surface area contributed by atoms with Crippen LogP contribution in [0.15, 0.2) is 27.6 Å². The van der Waals surface area contributed by atoms with Crippen LogP contribution in [0.5, 0.6) is 0 Å². The number of ether oxygens (including phenoxy) is 1. The minimum Gasteiger partial charge on any atom is -0.430 e. The van der Waals surface area contributed by atoms with Crippen LogP contribution in [0, 0.1) is 0 Å². The Morgan fingerprint density at radius 1 is 1.29 bits per heavy atom. The summed E-state index contributed by atoms with van der Waals surface area (Å²) in [6.07, 6.45) is 1.26. The van der Waals surface area contributed by atoms with Gasteiger partial charge in [0.1, 0.15) is 6.26 Å². The summed E-state index contributed by atoms with van der Waals surface area (Å²) in [5, 5.41) is 0. The second-order valence-electron chi connectivity index (χ2n) is 4.31. The molecule has 0 N–H and O–H groups in total. The summed E-state index contributed by atoms with van der Waals surface area (Å²) in [5.74, 6) is -0.129. The third-order valence-corrected chi connectivity index (χ3v) is 2.65. The van der Waals surface area contributed by atoms with Crippen LogP contribution < -0.4 is 5.63 Å². The molecule has 1 amide bonds. The van der Waals surface area contributed by atoms with E-state index in [1.807, 2.05) is 13.8 Å². The summed E-state index contributed by atoms with van der Waals surface area (Å²) in [7, 11) is 0. The average molecular weight is 237 g/mol. The quantitative estimate of drug-likeness (QED) is 0.727. The summed E-state index contributed by atoms with van der Waals surface area (Å²) in [4.78, 5) is 24.6. The van der Waals surface area contributed by atoms with E-state index >= 15 is 0 Å². The molecule has 0 spiro atoms. The Balaban J connectivity index is 2.14. The predicted octanol–water partition coefficient (Wildman–Crippen LogP) is 0.889. The van der Waals surface area contributed by atoms with Crippen LogP contribution in [0.2, 0.25) is 0 Å². The molecule has 1 aromatic rings. The first-order valence-corrected chi connectivity index (χ1v) is 5.60. The summed E-state index contributed by atoms with van der Waals surface area (Å²) >= 11 is 0. The molecule has 1 saturated heterocycles. The van der Waals surface area contributed by atoms with Crippen LogP contribution in [0.4, 0.5) is 0 Å². The van der Waals surface area contributed by atoms with Crippen molar-refractivity contribution in [2.75, 3.05) is 13.1 Å². The Kier molecular flexibility index (Phi) is 3.28. The number of morpholine rings is 1. The number of amides is 1. The molecule has 1 aliphatic rings. The molecule has 0 aromatic carbocycles. The van der Waals surface area contributed by atoms with Gasteiger partial charge in [-0.3, -0.25) is 4.79 Å². The lowest BCUT2D eigenvalue weighted by Gasteiger charge is -2.35. The van der Waals surface area contributed by atoms with Gasteiger partial charge in [0.2, 0.25) is 0 Å². The van der Waals surface area contributed by atoms with E-state index < -0.39 is 5.63 Å². The maximum Gasteiger partial charge on any atom is 0.335 e. The third-order valence-electron chi connectivity index (χ3n) is 2.65. The molecule has 1 fully saturated rings. The van der Waals surface area contributed by atoms with Gasteiger partial charge in [-0.05, 0) is 19.9 Å². The number of rotatable bonds is 1. The molecule has 1 aliphatic heterocycles. The highest BCUT2D eigenvalue weighted by Gasteiger charge is 2.26. The zero-order chi connectivity index (χ0) is 12.4. The Hall–Kier alpha value is -1.62. The fourth-order valence-electron chi connectivity index (χ4n) is 2.01. The second-order valence-corrected chi connectivity index (χ2v) is 4.31. The molecule has 0 saturated carbocycles. The van der Waals surface area contributed by atoms with Gasteiger partial charge in [-0.1, -0.05) is 0 Å². The Labute approximate surface area is 99.0 Å². The van der Waals surface area contributed by atoms with E-state index in [9.17, 15) is 9.59 Å². The molecule has 0 bridgehead atoms. The Morgan fingerprint density at radius 2 is 1.94 bits per heavy atom. The van der Waals surface area contributed by atoms with Gasteiger partial charge in [0.05, 0.1) is 17.8 Å². The maximum absolute atomic E-state index is 12.1. The summed E-state index contributed by atoms with van der Waals surface area (Å²) in [6.45, 7) is 4.98. The molecule has 0 aliphatic carbocycles. The van der Waals surface area contributed by atoms with Crippen molar-refractivity contribution in [1.82, 2.24) is 4.90 Å². The predicted molar refractivity (Wildman–Crippen MR) is 60.9 cm³/mol. The van der Waals surface area contributed by atoms with Gasteiger partial charge in [0.15, 0.2) is 0 Å². The summed E-state index contributed by atoms with van der Waals surface area (Å²) in [6, 6.07) is 2.74. The van der Waals surface area contributed by atoms with Crippen LogP contribution in [0.25, 0.3) is 0 Å². The Morgan fingerprint density at radius 3 is 2.47 bits per heavy atom. The normalized spacial score (nSPS) is 24.7. The van der Waals surface area contributed by atoms with Crippen molar-refractivity contribution in [2.45, 2.75) is 26.1 Å². The lowest BCUT2D eigenvalue weighted by atomic mass is 10.2. The van der Waals surface area contributed by atoms with Gasteiger partial charge in [-0.2, -0.15) is 0 Å². The molecule has 0 radical (unpaired) electrons. The summed E-state index contributed by atoms with van der Waals surface area (Å²) < 4.78 is 10.2. The van der Waals surface area contributed by atoms with E-state index in [0.29, 0.717) is 18.7 Å². The lowest BCUT2D eigenvalue weighted by molar-refractivity contribution is -0.0586. The molecular weight excluding hydrogens is 222 g/mol. The van der Waals surface area contributed by atoms with Gasteiger partial charge in [-0.25, -0.2) is 4.79 Å². The lowest BCUT2D eigenvalue weighted by Crippen LogP contribution is -2.48. The van der Waals surface area contributed by atoms with Crippen LogP contribution in [-0.4, -0.2) is 36.1 Å². The van der Waals surface area contributed by atoms with Crippen molar-refractivity contribution in [2.24, 2.45) is 0 Å². The van der Waals surface area contributed by atoms with Gasteiger partial charge in [0, 0.05) is 19.2 Å². The molecule has 2 rings (SSSR count). The fraction of sp³-hybridized carbons (Fsp3) is 0.500. The van der Waals surface area contributed by atoms with Crippen molar-refractivity contribution < 1.29 is 13.9 Å². The summed E-state index contributed by atoms with van der Waals surface area (Å²) in [5.41, 5.74) is -0.0591. The van der Waals surface area contributed by atoms with Gasteiger partial charge in [-0.15, -0.1) is 0 Å². The molecule has 5 nitrogen and oxygen atoms in total.